The maximum absolute atomic E-state index is 11.4. The fourth-order valence-electron chi connectivity index (χ4n) is 2.61. The fraction of sp³-hybridized carbons (Fsp3) is 0.692. The molecule has 5 heteroatoms. The summed E-state index contributed by atoms with van der Waals surface area (Å²) in [6, 6.07) is 0.686. The number of imidazole rings is 1. The van der Waals surface area contributed by atoms with Gasteiger partial charge in [-0.25, -0.2) is 4.98 Å². The molecule has 1 unspecified atom stereocenters. The van der Waals surface area contributed by atoms with Crippen LogP contribution in [-0.4, -0.2) is 29.1 Å². The van der Waals surface area contributed by atoms with Gasteiger partial charge in [0.1, 0.15) is 5.82 Å². The first-order valence-corrected chi connectivity index (χ1v) is 6.54. The number of carbonyl (C=O) groups excluding carboxylic acids is 1. The van der Waals surface area contributed by atoms with E-state index in [0.29, 0.717) is 6.04 Å². The van der Waals surface area contributed by atoms with Gasteiger partial charge in [-0.15, -0.1) is 0 Å². The van der Waals surface area contributed by atoms with Gasteiger partial charge in [0.25, 0.3) is 0 Å². The number of rotatable bonds is 4. The first-order valence-electron chi connectivity index (χ1n) is 6.54. The SMILES string of the molecule is COC(=O)C1CCC(NC(C)c2ncc[nH]2)CC1. The van der Waals surface area contributed by atoms with Gasteiger partial charge in [0.15, 0.2) is 0 Å². The third kappa shape index (κ3) is 3.10. The van der Waals surface area contributed by atoms with Crippen LogP contribution in [0.15, 0.2) is 12.4 Å². The zero-order chi connectivity index (χ0) is 13.0. The summed E-state index contributed by atoms with van der Waals surface area (Å²) in [6.07, 6.45) is 7.46. The third-order valence-electron chi connectivity index (χ3n) is 3.68. The van der Waals surface area contributed by atoms with E-state index in [-0.39, 0.29) is 17.9 Å². The number of H-pyrrole nitrogens is 1. The number of carbonyl (C=O) groups is 1. The molecule has 0 amide bonds. The molecule has 1 aliphatic rings. The number of hydrogen-bond donors (Lipinski definition) is 2. The molecule has 0 aliphatic heterocycles. The minimum absolute atomic E-state index is 0.0625. The van der Waals surface area contributed by atoms with Gasteiger partial charge in [-0.1, -0.05) is 0 Å². The van der Waals surface area contributed by atoms with Crippen molar-refractivity contribution in [3.8, 4) is 0 Å². The number of aromatic nitrogens is 2. The number of hydrogen-bond acceptors (Lipinski definition) is 4. The number of ether oxygens (including phenoxy) is 1. The zero-order valence-electron chi connectivity index (χ0n) is 11.0. The van der Waals surface area contributed by atoms with Crippen molar-refractivity contribution >= 4 is 5.97 Å². The Hall–Kier alpha value is -1.36. The second kappa shape index (κ2) is 6.00. The molecule has 0 radical (unpaired) electrons. The van der Waals surface area contributed by atoms with Gasteiger partial charge in [0.2, 0.25) is 0 Å². The van der Waals surface area contributed by atoms with E-state index >= 15 is 0 Å². The first kappa shape index (κ1) is 13.1. The van der Waals surface area contributed by atoms with Crippen LogP contribution in [0.1, 0.15) is 44.5 Å². The van der Waals surface area contributed by atoms with Gasteiger partial charge < -0.3 is 15.0 Å². The normalized spacial score (nSPS) is 25.7. The topological polar surface area (TPSA) is 67.0 Å². The van der Waals surface area contributed by atoms with Crippen molar-refractivity contribution in [3.63, 3.8) is 0 Å². The molecule has 1 fully saturated rings. The van der Waals surface area contributed by atoms with Crippen LogP contribution >= 0.6 is 0 Å². The van der Waals surface area contributed by atoms with Gasteiger partial charge >= 0.3 is 5.97 Å². The average Bonchev–Trinajstić information content (AvgIpc) is 2.92. The average molecular weight is 251 g/mol. The summed E-state index contributed by atoms with van der Waals surface area (Å²) in [4.78, 5) is 18.8. The Morgan fingerprint density at radius 3 is 2.78 bits per heavy atom. The Balaban J connectivity index is 1.78. The Morgan fingerprint density at radius 2 is 2.22 bits per heavy atom. The van der Waals surface area contributed by atoms with Crippen molar-refractivity contribution in [1.82, 2.24) is 15.3 Å². The molecular weight excluding hydrogens is 230 g/mol. The molecule has 1 saturated carbocycles. The highest BCUT2D eigenvalue weighted by Crippen LogP contribution is 2.26. The van der Waals surface area contributed by atoms with Crippen LogP contribution in [0.3, 0.4) is 0 Å². The number of esters is 1. The number of nitrogens with zero attached hydrogens (tertiary/aromatic N) is 1. The molecule has 0 aromatic carbocycles. The molecule has 1 heterocycles. The van der Waals surface area contributed by atoms with Crippen molar-refractivity contribution in [2.45, 2.75) is 44.7 Å². The number of methoxy groups -OCH3 is 1. The first-order chi connectivity index (χ1) is 8.70. The smallest absolute Gasteiger partial charge is 0.308 e. The lowest BCUT2D eigenvalue weighted by molar-refractivity contribution is -0.146. The summed E-state index contributed by atoms with van der Waals surface area (Å²) in [6.45, 7) is 2.10. The van der Waals surface area contributed by atoms with Gasteiger partial charge in [-0.2, -0.15) is 0 Å². The van der Waals surface area contributed by atoms with Crippen LogP contribution in [0, 0.1) is 5.92 Å². The van der Waals surface area contributed by atoms with Crippen LogP contribution in [0.4, 0.5) is 0 Å². The van der Waals surface area contributed by atoms with Gasteiger partial charge in [0.05, 0.1) is 19.1 Å². The van der Waals surface area contributed by atoms with Crippen molar-refractivity contribution in [2.24, 2.45) is 5.92 Å². The van der Waals surface area contributed by atoms with Crippen molar-refractivity contribution in [1.29, 1.82) is 0 Å². The van der Waals surface area contributed by atoms with E-state index in [4.69, 9.17) is 4.74 Å². The maximum Gasteiger partial charge on any atom is 0.308 e. The van der Waals surface area contributed by atoms with Crippen LogP contribution in [0.25, 0.3) is 0 Å². The molecular formula is C13H21N3O2. The monoisotopic (exact) mass is 251 g/mol. The Labute approximate surface area is 107 Å². The Bertz CT molecular complexity index is 370. The summed E-state index contributed by atoms with van der Waals surface area (Å²) >= 11 is 0. The molecule has 0 spiro atoms. The predicted molar refractivity (Wildman–Crippen MR) is 67.9 cm³/mol. The molecule has 2 N–H and O–H groups in total. The lowest BCUT2D eigenvalue weighted by Gasteiger charge is -2.29. The van der Waals surface area contributed by atoms with Crippen LogP contribution in [-0.2, 0) is 9.53 Å². The van der Waals surface area contributed by atoms with E-state index < -0.39 is 0 Å². The summed E-state index contributed by atoms with van der Waals surface area (Å²) in [5.74, 6) is 0.990. The second-order valence-electron chi connectivity index (χ2n) is 4.93. The van der Waals surface area contributed by atoms with E-state index in [2.05, 4.69) is 22.2 Å². The highest BCUT2D eigenvalue weighted by atomic mass is 16.5. The number of nitrogens with one attached hydrogen (secondary N) is 2. The molecule has 1 aliphatic carbocycles. The Kier molecular flexibility index (Phi) is 4.36. The highest BCUT2D eigenvalue weighted by Gasteiger charge is 2.27. The zero-order valence-corrected chi connectivity index (χ0v) is 11.0. The molecule has 2 rings (SSSR count). The fourth-order valence-corrected chi connectivity index (χ4v) is 2.61. The van der Waals surface area contributed by atoms with Crippen molar-refractivity contribution < 1.29 is 9.53 Å². The van der Waals surface area contributed by atoms with Crippen LogP contribution in [0.2, 0.25) is 0 Å². The van der Waals surface area contributed by atoms with E-state index in [1.54, 1.807) is 6.20 Å². The minimum Gasteiger partial charge on any atom is -0.469 e. The summed E-state index contributed by atoms with van der Waals surface area (Å²) in [5, 5.41) is 3.55. The molecule has 1 aromatic rings. The van der Waals surface area contributed by atoms with E-state index in [1.807, 2.05) is 6.20 Å². The standard InChI is InChI=1S/C13H21N3O2/c1-9(12-14-7-8-15-12)16-11-5-3-10(4-6-11)13(17)18-2/h7-11,16H,3-6H2,1-2H3,(H,14,15). The van der Waals surface area contributed by atoms with E-state index in [0.717, 1.165) is 31.5 Å². The lowest BCUT2D eigenvalue weighted by atomic mass is 9.86. The number of aromatic amines is 1. The van der Waals surface area contributed by atoms with E-state index in [9.17, 15) is 4.79 Å². The molecule has 100 valence electrons. The maximum atomic E-state index is 11.4. The Morgan fingerprint density at radius 1 is 1.50 bits per heavy atom. The minimum atomic E-state index is -0.0625. The summed E-state index contributed by atoms with van der Waals surface area (Å²) in [7, 11) is 1.46. The third-order valence-corrected chi connectivity index (χ3v) is 3.68. The van der Waals surface area contributed by atoms with Crippen molar-refractivity contribution in [3.05, 3.63) is 18.2 Å². The lowest BCUT2D eigenvalue weighted by Crippen LogP contribution is -2.37. The molecule has 1 atom stereocenters. The second-order valence-corrected chi connectivity index (χ2v) is 4.93. The van der Waals surface area contributed by atoms with Crippen LogP contribution < -0.4 is 5.32 Å². The molecule has 1 aromatic heterocycles. The molecule has 5 nitrogen and oxygen atoms in total. The summed E-state index contributed by atoms with van der Waals surface area (Å²) in [5.41, 5.74) is 0. The van der Waals surface area contributed by atoms with Crippen molar-refractivity contribution in [2.75, 3.05) is 7.11 Å². The predicted octanol–water partition coefficient (Wildman–Crippen LogP) is 1.79. The van der Waals surface area contributed by atoms with E-state index in [1.165, 1.54) is 7.11 Å². The summed E-state index contributed by atoms with van der Waals surface area (Å²) < 4.78 is 4.79. The molecule has 18 heavy (non-hydrogen) atoms. The quantitative estimate of drug-likeness (QED) is 0.801. The highest BCUT2D eigenvalue weighted by molar-refractivity contribution is 5.72. The molecule has 0 bridgehead atoms. The largest absolute Gasteiger partial charge is 0.469 e. The van der Waals surface area contributed by atoms with Crippen LogP contribution in [0.5, 0.6) is 0 Å². The van der Waals surface area contributed by atoms with Gasteiger partial charge in [-0.05, 0) is 32.6 Å². The van der Waals surface area contributed by atoms with Gasteiger partial charge in [0, 0.05) is 18.4 Å². The molecule has 0 saturated heterocycles. The van der Waals surface area contributed by atoms with Gasteiger partial charge in [-0.3, -0.25) is 4.79 Å².